The third-order valence-electron chi connectivity index (χ3n) is 3.96. The summed E-state index contributed by atoms with van der Waals surface area (Å²) in [6.07, 6.45) is -2.83. The molecule has 0 bridgehead atoms. The fourth-order valence-corrected chi connectivity index (χ4v) is 2.85. The summed E-state index contributed by atoms with van der Waals surface area (Å²) in [4.78, 5) is 24.3. The first kappa shape index (κ1) is 22.0. The van der Waals surface area contributed by atoms with Crippen molar-refractivity contribution in [3.05, 3.63) is 68.7 Å². The topological polar surface area (TPSA) is 103 Å². The molecular weight excluding hydrogens is 439 g/mol. The number of benzene rings is 1. The van der Waals surface area contributed by atoms with Crippen LogP contribution in [0, 0.1) is 18.3 Å². The van der Waals surface area contributed by atoms with E-state index in [1.807, 2.05) is 0 Å². The van der Waals surface area contributed by atoms with Crippen LogP contribution in [0.2, 0.25) is 5.02 Å². The van der Waals surface area contributed by atoms with Crippen LogP contribution in [0.15, 0.2) is 35.5 Å². The van der Waals surface area contributed by atoms with E-state index >= 15 is 0 Å². The molecule has 0 radical (unpaired) electrons. The first-order valence-electron chi connectivity index (χ1n) is 8.54. The highest BCUT2D eigenvalue weighted by molar-refractivity contribution is 6.30. The number of aryl methyl sites for hydroxylation is 1. The first-order chi connectivity index (χ1) is 14.6. The monoisotopic (exact) mass is 451 g/mol. The van der Waals surface area contributed by atoms with Gasteiger partial charge in [0.05, 0.1) is 37.2 Å². The predicted molar refractivity (Wildman–Crippen MR) is 102 cm³/mol. The molecule has 2 heterocycles. The fourth-order valence-electron chi connectivity index (χ4n) is 2.62. The second-order valence-corrected chi connectivity index (χ2v) is 6.63. The summed E-state index contributed by atoms with van der Waals surface area (Å²) in [6.45, 7) is 1.41. The van der Waals surface area contributed by atoms with Gasteiger partial charge in [-0.1, -0.05) is 11.6 Å². The van der Waals surface area contributed by atoms with Crippen molar-refractivity contribution in [1.29, 1.82) is 5.26 Å². The lowest BCUT2D eigenvalue weighted by Crippen LogP contribution is -2.27. The zero-order valence-electron chi connectivity index (χ0n) is 16.1. The molecular formula is C19H13ClF3N5O3. The lowest BCUT2D eigenvalue weighted by molar-refractivity contribution is -0.142. The number of nitriles is 1. The van der Waals surface area contributed by atoms with Crippen LogP contribution in [0.4, 0.5) is 13.2 Å². The third kappa shape index (κ3) is 4.92. The van der Waals surface area contributed by atoms with Crippen molar-refractivity contribution in [2.45, 2.75) is 19.6 Å². The standard InChI is InChI=1S/C19H13ClF3N5O3/c1-10-25-7-12(17(27-10)30-2)8-28-9-26-16(19(21,22)23)15(18(28)29)31-14-4-11(6-24)3-13(20)5-14/h3-5,7,9H,8H2,1-2H3. The predicted octanol–water partition coefficient (Wildman–Crippen LogP) is 3.73. The van der Waals surface area contributed by atoms with Crippen molar-refractivity contribution in [1.82, 2.24) is 19.5 Å². The minimum Gasteiger partial charge on any atom is -0.481 e. The van der Waals surface area contributed by atoms with Crippen molar-refractivity contribution in [3.8, 4) is 23.4 Å². The highest BCUT2D eigenvalue weighted by atomic mass is 35.5. The Kier molecular flexibility index (Phi) is 6.12. The number of hydrogen-bond acceptors (Lipinski definition) is 7. The minimum atomic E-state index is -4.96. The Hall–Kier alpha value is -3.65. The molecule has 0 aliphatic heterocycles. The van der Waals surface area contributed by atoms with Gasteiger partial charge >= 0.3 is 6.18 Å². The van der Waals surface area contributed by atoms with E-state index in [4.69, 9.17) is 26.3 Å². The van der Waals surface area contributed by atoms with Gasteiger partial charge in [0.1, 0.15) is 11.6 Å². The Morgan fingerprint density at radius 2 is 2.00 bits per heavy atom. The molecule has 31 heavy (non-hydrogen) atoms. The molecule has 2 aromatic heterocycles. The second kappa shape index (κ2) is 8.61. The average molecular weight is 452 g/mol. The highest BCUT2D eigenvalue weighted by Gasteiger charge is 2.38. The van der Waals surface area contributed by atoms with Gasteiger partial charge in [0, 0.05) is 11.2 Å². The molecule has 0 N–H and O–H groups in total. The van der Waals surface area contributed by atoms with E-state index in [0.717, 1.165) is 17.0 Å². The van der Waals surface area contributed by atoms with Crippen LogP contribution in [-0.2, 0) is 12.7 Å². The number of halogens is 4. The SMILES string of the molecule is COc1nc(C)ncc1Cn1cnc(C(F)(F)F)c(Oc2cc(Cl)cc(C#N)c2)c1=O. The van der Waals surface area contributed by atoms with E-state index in [0.29, 0.717) is 11.4 Å². The molecule has 1 aromatic carbocycles. The molecule has 0 aliphatic carbocycles. The Labute approximate surface area is 178 Å². The van der Waals surface area contributed by atoms with Crippen LogP contribution < -0.4 is 15.0 Å². The lowest BCUT2D eigenvalue weighted by atomic mass is 10.2. The molecule has 0 atom stereocenters. The smallest absolute Gasteiger partial charge is 0.437 e. The first-order valence-corrected chi connectivity index (χ1v) is 8.92. The van der Waals surface area contributed by atoms with Gasteiger partial charge in [0.25, 0.3) is 5.56 Å². The van der Waals surface area contributed by atoms with Gasteiger partial charge in [-0.2, -0.15) is 23.4 Å². The summed E-state index contributed by atoms with van der Waals surface area (Å²) in [6, 6.07) is 5.43. The number of nitrogens with zero attached hydrogens (tertiary/aromatic N) is 5. The number of methoxy groups -OCH3 is 1. The summed E-state index contributed by atoms with van der Waals surface area (Å²) in [5, 5.41) is 9.07. The van der Waals surface area contributed by atoms with Gasteiger partial charge in [0.2, 0.25) is 11.6 Å². The van der Waals surface area contributed by atoms with Crippen LogP contribution in [0.25, 0.3) is 0 Å². The number of aromatic nitrogens is 4. The van der Waals surface area contributed by atoms with Crippen molar-refractivity contribution in [2.24, 2.45) is 0 Å². The summed E-state index contributed by atoms with van der Waals surface area (Å²) >= 11 is 5.87. The van der Waals surface area contributed by atoms with E-state index in [1.165, 1.54) is 25.4 Å². The van der Waals surface area contributed by atoms with Gasteiger partial charge < -0.3 is 9.47 Å². The third-order valence-corrected chi connectivity index (χ3v) is 4.18. The second-order valence-electron chi connectivity index (χ2n) is 6.19. The number of rotatable bonds is 5. The molecule has 0 unspecified atom stereocenters. The Bertz CT molecular complexity index is 1240. The molecule has 0 saturated heterocycles. The molecule has 0 fully saturated rings. The largest absolute Gasteiger partial charge is 0.481 e. The number of alkyl halides is 3. The highest BCUT2D eigenvalue weighted by Crippen LogP contribution is 2.35. The molecule has 3 rings (SSSR count). The van der Waals surface area contributed by atoms with Crippen LogP contribution in [0.5, 0.6) is 17.4 Å². The summed E-state index contributed by atoms with van der Waals surface area (Å²) in [5.74, 6) is -0.706. The maximum absolute atomic E-state index is 13.5. The Morgan fingerprint density at radius 3 is 2.65 bits per heavy atom. The minimum absolute atomic E-state index is 0.0433. The summed E-state index contributed by atoms with van der Waals surface area (Å²) in [5.41, 5.74) is -2.23. The van der Waals surface area contributed by atoms with E-state index in [1.54, 1.807) is 13.0 Å². The van der Waals surface area contributed by atoms with Gasteiger partial charge in [-0.05, 0) is 25.1 Å². The van der Waals surface area contributed by atoms with Gasteiger partial charge in [-0.3, -0.25) is 9.36 Å². The molecule has 0 saturated carbocycles. The van der Waals surface area contributed by atoms with Crippen LogP contribution in [0.1, 0.15) is 22.6 Å². The molecule has 0 spiro atoms. The molecule has 3 aromatic rings. The van der Waals surface area contributed by atoms with E-state index in [2.05, 4.69) is 15.0 Å². The van der Waals surface area contributed by atoms with Crippen LogP contribution in [-0.4, -0.2) is 26.6 Å². The van der Waals surface area contributed by atoms with Crippen molar-refractivity contribution >= 4 is 11.6 Å². The zero-order valence-corrected chi connectivity index (χ0v) is 16.8. The van der Waals surface area contributed by atoms with E-state index in [-0.39, 0.29) is 28.8 Å². The molecule has 8 nitrogen and oxygen atoms in total. The lowest BCUT2D eigenvalue weighted by Gasteiger charge is -2.15. The van der Waals surface area contributed by atoms with Crippen molar-refractivity contribution in [3.63, 3.8) is 0 Å². The zero-order chi connectivity index (χ0) is 22.8. The number of hydrogen-bond donors (Lipinski definition) is 0. The van der Waals surface area contributed by atoms with E-state index < -0.39 is 23.2 Å². The van der Waals surface area contributed by atoms with Crippen molar-refractivity contribution in [2.75, 3.05) is 7.11 Å². The summed E-state index contributed by atoms with van der Waals surface area (Å²) < 4.78 is 51.7. The van der Waals surface area contributed by atoms with Gasteiger partial charge in [-0.25, -0.2) is 9.97 Å². The van der Waals surface area contributed by atoms with Crippen LogP contribution in [0.3, 0.4) is 0 Å². The summed E-state index contributed by atoms with van der Waals surface area (Å²) in [7, 11) is 1.36. The Balaban J connectivity index is 2.10. The van der Waals surface area contributed by atoms with Gasteiger partial charge in [0.15, 0.2) is 5.69 Å². The fraction of sp³-hybridized carbons (Fsp3) is 0.211. The maximum Gasteiger partial charge on any atom is 0.437 e. The molecule has 160 valence electrons. The molecule has 12 heteroatoms. The number of ether oxygens (including phenoxy) is 2. The Morgan fingerprint density at radius 1 is 1.26 bits per heavy atom. The maximum atomic E-state index is 13.5. The van der Waals surface area contributed by atoms with E-state index in [9.17, 15) is 18.0 Å². The molecule has 0 aliphatic rings. The molecule has 0 amide bonds. The van der Waals surface area contributed by atoms with Crippen molar-refractivity contribution < 1.29 is 22.6 Å². The normalized spacial score (nSPS) is 11.1. The van der Waals surface area contributed by atoms with Crippen LogP contribution >= 0.6 is 11.6 Å². The quantitative estimate of drug-likeness (QED) is 0.582. The average Bonchev–Trinajstić information content (AvgIpc) is 2.70. The van der Waals surface area contributed by atoms with Gasteiger partial charge in [-0.15, -0.1) is 0 Å².